The van der Waals surface area contributed by atoms with E-state index in [1.54, 1.807) is 0 Å². The first-order valence-electron chi connectivity index (χ1n) is 1.73. The van der Waals surface area contributed by atoms with Gasteiger partial charge in [-0.2, -0.15) is 0 Å². The van der Waals surface area contributed by atoms with Crippen molar-refractivity contribution >= 4 is 19.8 Å². The molecule has 28 valence electrons. The van der Waals surface area contributed by atoms with Gasteiger partial charge in [0.2, 0.25) is 0 Å². The average Bonchev–Trinajstić information content (AvgIpc) is 0.811. The Balaban J connectivity index is 0. The van der Waals surface area contributed by atoms with Gasteiger partial charge in [-0.25, -0.2) is 0 Å². The maximum atomic E-state index is 2.38. The molecule has 1 heteroatoms. The Morgan fingerprint density at radius 1 is 1.25 bits per heavy atom. The molecule has 0 atom stereocenters. The monoisotopic (exact) mass is 167 g/mol. The molecule has 0 bridgehead atoms. The topological polar surface area (TPSA) is 0 Å². The Morgan fingerprint density at radius 2 is 1.25 bits per heavy atom. The molecule has 0 aliphatic carbocycles. The van der Waals surface area contributed by atoms with E-state index in [-0.39, 0.29) is 1.43 Å². The third-order valence-corrected chi connectivity index (χ3v) is 0. The van der Waals surface area contributed by atoms with Crippen LogP contribution >= 0.6 is 0 Å². The molecule has 0 aromatic carbocycles. The average molecular weight is 166 g/mol. The van der Waals surface area contributed by atoms with Gasteiger partial charge in [-0.1, -0.05) is 0 Å². The Morgan fingerprint density at radius 3 is 1.25 bits per heavy atom. The van der Waals surface area contributed by atoms with Crippen molar-refractivity contribution < 1.29 is 1.43 Å². The first-order chi connectivity index (χ1) is 1.73. The number of rotatable bonds is 0. The van der Waals surface area contributed by atoms with Crippen LogP contribution in [0.5, 0.6) is 0 Å². The Labute approximate surface area is 36.4 Å². The minimum atomic E-state index is -0.637. The Hall–Kier alpha value is 0.799. The van der Waals surface area contributed by atoms with Crippen molar-refractivity contribution in [2.45, 2.75) is 14.8 Å². The second-order valence-corrected chi connectivity index (χ2v) is 11.6. The van der Waals surface area contributed by atoms with Crippen LogP contribution in [0.15, 0.2) is 0 Å². The van der Waals surface area contributed by atoms with E-state index >= 15 is 0 Å². The van der Waals surface area contributed by atoms with Crippen molar-refractivity contribution in [3.8, 4) is 0 Å². The van der Waals surface area contributed by atoms with Gasteiger partial charge in [0, 0.05) is 0 Å². The molecule has 0 N–H and O–H groups in total. The molecule has 0 aromatic rings. The summed E-state index contributed by atoms with van der Waals surface area (Å²) in [7, 11) is 0. The van der Waals surface area contributed by atoms with Crippen molar-refractivity contribution in [2.24, 2.45) is 0 Å². The zero-order valence-corrected chi connectivity index (χ0v) is 6.87. The zero-order valence-electron chi connectivity index (χ0n) is 4.58. The van der Waals surface area contributed by atoms with Crippen LogP contribution in [0.3, 0.4) is 0 Å². The van der Waals surface area contributed by atoms with Gasteiger partial charge in [0.25, 0.3) is 0 Å². The van der Waals surface area contributed by atoms with Crippen molar-refractivity contribution in [2.75, 3.05) is 0 Å². The molecule has 0 aromatic heterocycles. The van der Waals surface area contributed by atoms with E-state index in [2.05, 4.69) is 14.8 Å². The van der Waals surface area contributed by atoms with Gasteiger partial charge < -0.3 is 1.43 Å². The van der Waals surface area contributed by atoms with Gasteiger partial charge in [0.1, 0.15) is 0 Å². The third kappa shape index (κ3) is 14.2. The minimum absolute atomic E-state index is 0. The molecule has 0 saturated carbocycles. The minimum Gasteiger partial charge on any atom is -1.00 e. The summed E-state index contributed by atoms with van der Waals surface area (Å²) in [5.74, 6) is 0. The molecule has 0 nitrogen and oxygen atoms in total. The van der Waals surface area contributed by atoms with Gasteiger partial charge in [-0.05, 0) is 0 Å². The first kappa shape index (κ1) is 4.80. The van der Waals surface area contributed by atoms with Crippen molar-refractivity contribution in [3.05, 3.63) is 0 Å². The number of hydrogen-bond donors (Lipinski definition) is 0. The van der Waals surface area contributed by atoms with Crippen LogP contribution in [0.2, 0.25) is 14.8 Å². The van der Waals surface area contributed by atoms with Crippen molar-refractivity contribution in [3.63, 3.8) is 0 Å². The molecule has 0 rings (SSSR count). The smallest absolute Gasteiger partial charge is 1.00 e. The van der Waals surface area contributed by atoms with Gasteiger partial charge in [0.05, 0.1) is 0 Å². The molecule has 0 aliphatic heterocycles. The van der Waals surface area contributed by atoms with Crippen LogP contribution in [0.25, 0.3) is 0 Å². The molecular formula is C3H11Sn-. The van der Waals surface area contributed by atoms with E-state index < -0.39 is 19.8 Å². The van der Waals surface area contributed by atoms with Crippen LogP contribution in [-0.4, -0.2) is 19.8 Å². The van der Waals surface area contributed by atoms with E-state index in [0.29, 0.717) is 0 Å². The molecule has 4 heavy (non-hydrogen) atoms. The predicted octanol–water partition coefficient (Wildman–Crippen LogP) is 1.22. The molecule has 0 radical (unpaired) electrons. The Bertz CT molecular complexity index is 11.6. The first-order valence-corrected chi connectivity index (χ1v) is 11.6. The molecule has 0 fully saturated rings. The summed E-state index contributed by atoms with van der Waals surface area (Å²) >= 11 is -0.637. The Kier molecular flexibility index (Phi) is 2.47. The van der Waals surface area contributed by atoms with Gasteiger partial charge in [-0.15, -0.1) is 0 Å². The molecule has 0 heterocycles. The second kappa shape index (κ2) is 2.06. The van der Waals surface area contributed by atoms with Crippen LogP contribution in [0, 0.1) is 0 Å². The summed E-state index contributed by atoms with van der Waals surface area (Å²) in [4.78, 5) is 7.13. The second-order valence-electron chi connectivity index (χ2n) is 1.73. The molecule has 0 saturated heterocycles. The fourth-order valence-electron chi connectivity index (χ4n) is 0. The SMILES string of the molecule is [CH3][SnH]([CH3])[CH3].[H-]. The van der Waals surface area contributed by atoms with Crippen LogP contribution in [-0.2, 0) is 0 Å². The van der Waals surface area contributed by atoms with Crippen molar-refractivity contribution in [1.29, 1.82) is 0 Å². The summed E-state index contributed by atoms with van der Waals surface area (Å²) in [5, 5.41) is 0. The van der Waals surface area contributed by atoms with Gasteiger partial charge >= 0.3 is 34.6 Å². The van der Waals surface area contributed by atoms with E-state index in [1.807, 2.05) is 0 Å². The largest absolute Gasteiger partial charge is 1.00 e. The quantitative estimate of drug-likeness (QED) is 0.474. The van der Waals surface area contributed by atoms with Crippen LogP contribution < -0.4 is 0 Å². The van der Waals surface area contributed by atoms with E-state index in [0.717, 1.165) is 0 Å². The molecule has 0 amide bonds. The predicted molar refractivity (Wildman–Crippen MR) is 25.9 cm³/mol. The fourth-order valence-corrected chi connectivity index (χ4v) is 0. The fraction of sp³-hybridized carbons (Fsp3) is 1.00. The molecule has 0 aliphatic rings. The van der Waals surface area contributed by atoms with Gasteiger partial charge in [0.15, 0.2) is 0 Å². The third-order valence-electron chi connectivity index (χ3n) is 0. The van der Waals surface area contributed by atoms with E-state index in [9.17, 15) is 0 Å². The summed E-state index contributed by atoms with van der Waals surface area (Å²) < 4.78 is 0. The standard InChI is InChI=1S/3CH3.Sn.2H/h3*1H3;;;/q;;;;;-1. The summed E-state index contributed by atoms with van der Waals surface area (Å²) in [6, 6.07) is 0. The van der Waals surface area contributed by atoms with Crippen LogP contribution in [0.1, 0.15) is 1.43 Å². The summed E-state index contributed by atoms with van der Waals surface area (Å²) in [6.45, 7) is 0. The van der Waals surface area contributed by atoms with Gasteiger partial charge in [-0.3, -0.25) is 0 Å². The maximum absolute atomic E-state index is 2.38. The van der Waals surface area contributed by atoms with E-state index in [4.69, 9.17) is 0 Å². The van der Waals surface area contributed by atoms with E-state index in [1.165, 1.54) is 0 Å². The summed E-state index contributed by atoms with van der Waals surface area (Å²) in [6.07, 6.45) is 0. The van der Waals surface area contributed by atoms with Crippen LogP contribution in [0.4, 0.5) is 0 Å². The molecule has 0 unspecified atom stereocenters. The number of hydrogen-bond acceptors (Lipinski definition) is 0. The molecular weight excluding hydrogens is 155 g/mol. The molecule has 0 spiro atoms. The maximum Gasteiger partial charge on any atom is -1.00 e. The normalized spacial score (nSPS) is 9.00. The summed E-state index contributed by atoms with van der Waals surface area (Å²) in [5.41, 5.74) is 0. The zero-order chi connectivity index (χ0) is 3.58. The van der Waals surface area contributed by atoms with Crippen molar-refractivity contribution in [1.82, 2.24) is 0 Å².